The summed E-state index contributed by atoms with van der Waals surface area (Å²) in [7, 11) is 0. The van der Waals surface area contributed by atoms with Crippen molar-refractivity contribution in [3.63, 3.8) is 0 Å². The van der Waals surface area contributed by atoms with Gasteiger partial charge >= 0.3 is 0 Å². The SMILES string of the molecule is CC(Cl)COCC(C)OCC(C)Cl. The monoisotopic (exact) mass is 228 g/mol. The molecule has 0 aliphatic carbocycles. The van der Waals surface area contributed by atoms with Crippen molar-refractivity contribution in [1.82, 2.24) is 0 Å². The average molecular weight is 229 g/mol. The van der Waals surface area contributed by atoms with Crippen LogP contribution in [0, 0.1) is 0 Å². The largest absolute Gasteiger partial charge is 0.377 e. The summed E-state index contributed by atoms with van der Waals surface area (Å²) in [5.74, 6) is 0. The highest BCUT2D eigenvalue weighted by atomic mass is 35.5. The minimum atomic E-state index is 0.0504. The lowest BCUT2D eigenvalue weighted by atomic mass is 10.4. The quantitative estimate of drug-likeness (QED) is 0.625. The molecule has 0 aromatic carbocycles. The van der Waals surface area contributed by atoms with Crippen LogP contribution in [0.3, 0.4) is 0 Å². The van der Waals surface area contributed by atoms with Crippen LogP contribution in [0.15, 0.2) is 0 Å². The zero-order valence-corrected chi connectivity index (χ0v) is 9.94. The molecule has 3 unspecified atom stereocenters. The molecule has 3 atom stereocenters. The number of alkyl halides is 2. The smallest absolute Gasteiger partial charge is 0.0781 e. The van der Waals surface area contributed by atoms with E-state index in [-0.39, 0.29) is 16.9 Å². The fraction of sp³-hybridized carbons (Fsp3) is 1.00. The summed E-state index contributed by atoms with van der Waals surface area (Å²) in [6, 6.07) is 0. The second kappa shape index (κ2) is 7.86. The van der Waals surface area contributed by atoms with Crippen molar-refractivity contribution in [3.05, 3.63) is 0 Å². The molecule has 0 amide bonds. The first-order valence-electron chi connectivity index (χ1n) is 4.49. The standard InChI is InChI=1S/C9H18Cl2O2/c1-7(10)4-12-6-9(3)13-5-8(2)11/h7-9H,4-6H2,1-3H3. The van der Waals surface area contributed by atoms with Crippen molar-refractivity contribution in [2.24, 2.45) is 0 Å². The third-order valence-electron chi connectivity index (χ3n) is 1.31. The van der Waals surface area contributed by atoms with E-state index in [1.54, 1.807) is 0 Å². The Balaban J connectivity index is 3.25. The van der Waals surface area contributed by atoms with Crippen LogP contribution in [0.25, 0.3) is 0 Å². The van der Waals surface area contributed by atoms with Gasteiger partial charge in [-0.05, 0) is 20.8 Å². The fourth-order valence-corrected chi connectivity index (χ4v) is 0.903. The molecule has 0 saturated heterocycles. The van der Waals surface area contributed by atoms with Crippen LogP contribution in [0.1, 0.15) is 20.8 Å². The summed E-state index contributed by atoms with van der Waals surface area (Å²) in [6.45, 7) is 7.44. The van der Waals surface area contributed by atoms with Gasteiger partial charge in [-0.1, -0.05) is 0 Å². The number of ether oxygens (including phenoxy) is 2. The van der Waals surface area contributed by atoms with Crippen LogP contribution in [-0.2, 0) is 9.47 Å². The summed E-state index contributed by atoms with van der Waals surface area (Å²) >= 11 is 11.4. The minimum absolute atomic E-state index is 0.0504. The molecule has 0 fully saturated rings. The fourth-order valence-electron chi connectivity index (χ4n) is 0.741. The maximum Gasteiger partial charge on any atom is 0.0781 e. The van der Waals surface area contributed by atoms with Gasteiger partial charge in [0, 0.05) is 0 Å². The highest BCUT2D eigenvalue weighted by molar-refractivity contribution is 6.20. The molecule has 0 aliphatic heterocycles. The van der Waals surface area contributed by atoms with Gasteiger partial charge in [0.2, 0.25) is 0 Å². The van der Waals surface area contributed by atoms with Gasteiger partial charge in [0.15, 0.2) is 0 Å². The van der Waals surface area contributed by atoms with Crippen molar-refractivity contribution in [1.29, 1.82) is 0 Å². The molecule has 0 rings (SSSR count). The van der Waals surface area contributed by atoms with Gasteiger partial charge in [-0.25, -0.2) is 0 Å². The van der Waals surface area contributed by atoms with Crippen LogP contribution >= 0.6 is 23.2 Å². The molecule has 4 heteroatoms. The lowest BCUT2D eigenvalue weighted by Gasteiger charge is -2.14. The van der Waals surface area contributed by atoms with Crippen molar-refractivity contribution in [2.75, 3.05) is 19.8 Å². The van der Waals surface area contributed by atoms with Crippen LogP contribution in [-0.4, -0.2) is 36.7 Å². The van der Waals surface area contributed by atoms with Gasteiger partial charge < -0.3 is 9.47 Å². The predicted molar refractivity (Wildman–Crippen MR) is 56.9 cm³/mol. The van der Waals surface area contributed by atoms with Gasteiger partial charge in [-0.3, -0.25) is 0 Å². The van der Waals surface area contributed by atoms with E-state index in [9.17, 15) is 0 Å². The Morgan fingerprint density at radius 1 is 0.923 bits per heavy atom. The normalized spacial score (nSPS) is 18.2. The molecule has 80 valence electrons. The second-order valence-electron chi connectivity index (χ2n) is 3.24. The molecule has 0 aliphatic rings. The number of halogens is 2. The molecule has 0 heterocycles. The third-order valence-corrected chi connectivity index (χ3v) is 1.56. The third kappa shape index (κ3) is 10.4. The molecule has 0 aromatic rings. The van der Waals surface area contributed by atoms with Crippen molar-refractivity contribution in [3.8, 4) is 0 Å². The van der Waals surface area contributed by atoms with Crippen LogP contribution in [0.4, 0.5) is 0 Å². The van der Waals surface area contributed by atoms with E-state index in [4.69, 9.17) is 32.7 Å². The summed E-state index contributed by atoms with van der Waals surface area (Å²) < 4.78 is 10.7. The Kier molecular flexibility index (Phi) is 8.17. The van der Waals surface area contributed by atoms with Gasteiger partial charge in [-0.2, -0.15) is 0 Å². The van der Waals surface area contributed by atoms with Crippen LogP contribution < -0.4 is 0 Å². The average Bonchev–Trinajstić information content (AvgIpc) is 2.00. The number of rotatable bonds is 7. The molecule has 2 nitrogen and oxygen atoms in total. The molecule has 0 bridgehead atoms. The van der Waals surface area contributed by atoms with Gasteiger partial charge in [0.25, 0.3) is 0 Å². The lowest BCUT2D eigenvalue weighted by Crippen LogP contribution is -2.21. The highest BCUT2D eigenvalue weighted by Gasteiger charge is 2.05. The van der Waals surface area contributed by atoms with E-state index in [0.717, 1.165) is 0 Å². The van der Waals surface area contributed by atoms with Crippen molar-refractivity contribution in [2.45, 2.75) is 37.6 Å². The van der Waals surface area contributed by atoms with E-state index >= 15 is 0 Å². The molecule has 0 aromatic heterocycles. The number of hydrogen-bond acceptors (Lipinski definition) is 2. The first-order valence-corrected chi connectivity index (χ1v) is 5.37. The zero-order valence-electron chi connectivity index (χ0n) is 8.43. The van der Waals surface area contributed by atoms with E-state index in [2.05, 4.69) is 0 Å². The lowest BCUT2D eigenvalue weighted by molar-refractivity contribution is -0.00471. The van der Waals surface area contributed by atoms with E-state index in [1.165, 1.54) is 0 Å². The number of hydrogen-bond donors (Lipinski definition) is 0. The van der Waals surface area contributed by atoms with Crippen LogP contribution in [0.5, 0.6) is 0 Å². The first-order chi connectivity index (χ1) is 6.02. The molecule has 0 saturated carbocycles. The van der Waals surface area contributed by atoms with Gasteiger partial charge in [0.1, 0.15) is 0 Å². The molecule has 0 N–H and O–H groups in total. The van der Waals surface area contributed by atoms with Gasteiger partial charge in [0.05, 0.1) is 36.7 Å². The molecular formula is C9H18Cl2O2. The minimum Gasteiger partial charge on any atom is -0.377 e. The van der Waals surface area contributed by atoms with E-state index < -0.39 is 0 Å². The topological polar surface area (TPSA) is 18.5 Å². The summed E-state index contributed by atoms with van der Waals surface area (Å²) in [5.41, 5.74) is 0. The Morgan fingerprint density at radius 3 is 1.92 bits per heavy atom. The van der Waals surface area contributed by atoms with Crippen molar-refractivity contribution >= 4 is 23.2 Å². The van der Waals surface area contributed by atoms with Crippen molar-refractivity contribution < 1.29 is 9.47 Å². The molecule has 13 heavy (non-hydrogen) atoms. The van der Waals surface area contributed by atoms with Gasteiger partial charge in [-0.15, -0.1) is 23.2 Å². The molecule has 0 spiro atoms. The maximum atomic E-state index is 5.72. The Bertz CT molecular complexity index is 118. The van der Waals surface area contributed by atoms with E-state index in [1.807, 2.05) is 20.8 Å². The molecule has 0 radical (unpaired) electrons. The molecular weight excluding hydrogens is 211 g/mol. The Hall–Kier alpha value is 0.500. The summed E-state index contributed by atoms with van der Waals surface area (Å²) in [6.07, 6.45) is 0.0802. The predicted octanol–water partition coefficient (Wildman–Crippen LogP) is 2.66. The Labute approximate surface area is 90.5 Å². The second-order valence-corrected chi connectivity index (χ2v) is 4.73. The zero-order chi connectivity index (χ0) is 10.3. The van der Waals surface area contributed by atoms with E-state index in [0.29, 0.717) is 19.8 Å². The first kappa shape index (κ1) is 13.5. The maximum absolute atomic E-state index is 5.72. The summed E-state index contributed by atoms with van der Waals surface area (Å²) in [5, 5.41) is 0.105. The van der Waals surface area contributed by atoms with Crippen LogP contribution in [0.2, 0.25) is 0 Å². The highest BCUT2D eigenvalue weighted by Crippen LogP contribution is 2.00. The summed E-state index contributed by atoms with van der Waals surface area (Å²) in [4.78, 5) is 0. The Morgan fingerprint density at radius 2 is 1.46 bits per heavy atom.